The monoisotopic (exact) mass is 272 g/mol. The normalized spacial score (nSPS) is 10.8. The fourth-order valence-corrected chi connectivity index (χ4v) is 2.12. The summed E-state index contributed by atoms with van der Waals surface area (Å²) >= 11 is 5.45. The van der Waals surface area contributed by atoms with Crippen molar-refractivity contribution in [2.45, 2.75) is 6.92 Å². The standard InChI is InChI=1S/C12H12N6S/c1-8-3-5-9(6-4-8)18-12(19)10(7-13-18)11-14-16-17(2)15-11/h3-7,13H,1-2H3. The van der Waals surface area contributed by atoms with E-state index in [1.54, 1.807) is 13.2 Å². The number of aromatic nitrogens is 6. The molecule has 0 saturated heterocycles. The molecule has 0 bridgehead atoms. The quantitative estimate of drug-likeness (QED) is 0.725. The van der Waals surface area contributed by atoms with Gasteiger partial charge in [0.2, 0.25) is 5.82 Å². The highest BCUT2D eigenvalue weighted by Gasteiger charge is 2.11. The van der Waals surface area contributed by atoms with Gasteiger partial charge in [0, 0.05) is 6.20 Å². The Labute approximate surface area is 114 Å². The first kappa shape index (κ1) is 11.8. The first-order valence-corrected chi connectivity index (χ1v) is 6.18. The van der Waals surface area contributed by atoms with Gasteiger partial charge in [-0.3, -0.25) is 5.10 Å². The fraction of sp³-hybridized carbons (Fsp3) is 0.167. The highest BCUT2D eigenvalue weighted by molar-refractivity contribution is 7.71. The van der Waals surface area contributed by atoms with Gasteiger partial charge in [-0.15, -0.1) is 10.2 Å². The summed E-state index contributed by atoms with van der Waals surface area (Å²) in [6.45, 7) is 2.05. The minimum absolute atomic E-state index is 0.523. The molecule has 3 rings (SSSR count). The van der Waals surface area contributed by atoms with Crippen LogP contribution in [0.2, 0.25) is 0 Å². The third-order valence-corrected chi connectivity index (χ3v) is 3.22. The van der Waals surface area contributed by atoms with Gasteiger partial charge in [-0.25, -0.2) is 4.68 Å². The molecule has 2 heterocycles. The molecule has 0 radical (unpaired) electrons. The van der Waals surface area contributed by atoms with Crippen LogP contribution in [0.25, 0.3) is 17.1 Å². The van der Waals surface area contributed by atoms with Gasteiger partial charge in [-0.2, -0.15) is 4.80 Å². The van der Waals surface area contributed by atoms with Crippen molar-refractivity contribution in [2.24, 2.45) is 7.05 Å². The van der Waals surface area contributed by atoms with Crippen molar-refractivity contribution < 1.29 is 0 Å². The Morgan fingerprint density at radius 1 is 1.21 bits per heavy atom. The van der Waals surface area contributed by atoms with Gasteiger partial charge in [-0.05, 0) is 24.3 Å². The van der Waals surface area contributed by atoms with E-state index in [0.717, 1.165) is 11.3 Å². The second kappa shape index (κ2) is 4.43. The number of nitrogens with zero attached hydrogens (tertiary/aromatic N) is 5. The summed E-state index contributed by atoms with van der Waals surface area (Å²) in [6.07, 6.45) is 1.79. The molecule has 6 nitrogen and oxygen atoms in total. The second-order valence-corrected chi connectivity index (χ2v) is 4.65. The Morgan fingerprint density at radius 3 is 2.58 bits per heavy atom. The van der Waals surface area contributed by atoms with Crippen LogP contribution in [0.4, 0.5) is 0 Å². The Morgan fingerprint density at radius 2 is 1.95 bits per heavy atom. The lowest BCUT2D eigenvalue weighted by molar-refractivity contribution is 0.630. The first-order chi connectivity index (χ1) is 9.15. The summed E-state index contributed by atoms with van der Waals surface area (Å²) in [6, 6.07) is 8.10. The van der Waals surface area contributed by atoms with Gasteiger partial charge < -0.3 is 0 Å². The van der Waals surface area contributed by atoms with Crippen LogP contribution in [0.5, 0.6) is 0 Å². The van der Waals surface area contributed by atoms with Gasteiger partial charge in [0.05, 0.1) is 18.3 Å². The number of aromatic amines is 1. The summed E-state index contributed by atoms with van der Waals surface area (Å²) in [4.78, 5) is 1.41. The second-order valence-electron chi connectivity index (χ2n) is 4.27. The molecule has 2 aromatic heterocycles. The van der Waals surface area contributed by atoms with Gasteiger partial charge in [0.1, 0.15) is 4.64 Å². The Hall–Kier alpha value is -2.28. The van der Waals surface area contributed by atoms with Crippen LogP contribution in [0.15, 0.2) is 30.5 Å². The van der Waals surface area contributed by atoms with Crippen LogP contribution in [-0.4, -0.2) is 30.0 Å². The third kappa shape index (κ3) is 2.08. The zero-order chi connectivity index (χ0) is 13.4. The minimum Gasteiger partial charge on any atom is -0.299 e. The molecule has 0 spiro atoms. The molecule has 0 aliphatic carbocycles. The van der Waals surface area contributed by atoms with E-state index in [4.69, 9.17) is 12.2 Å². The highest BCUT2D eigenvalue weighted by atomic mass is 32.1. The first-order valence-electron chi connectivity index (χ1n) is 5.77. The average Bonchev–Trinajstić information content (AvgIpc) is 2.97. The maximum absolute atomic E-state index is 5.45. The Kier molecular flexibility index (Phi) is 2.75. The van der Waals surface area contributed by atoms with Crippen molar-refractivity contribution in [2.75, 3.05) is 0 Å². The topological polar surface area (TPSA) is 64.3 Å². The smallest absolute Gasteiger partial charge is 0.209 e. The summed E-state index contributed by atoms with van der Waals surface area (Å²) in [7, 11) is 1.72. The van der Waals surface area contributed by atoms with E-state index in [9.17, 15) is 0 Å². The molecule has 1 aromatic carbocycles. The molecule has 1 N–H and O–H groups in total. The van der Waals surface area contributed by atoms with Crippen LogP contribution in [0.1, 0.15) is 5.56 Å². The Bertz CT molecular complexity index is 764. The zero-order valence-electron chi connectivity index (χ0n) is 10.5. The number of aryl methyl sites for hydroxylation is 2. The molecule has 0 atom stereocenters. The lowest BCUT2D eigenvalue weighted by Crippen LogP contribution is -1.96. The molecule has 0 saturated carbocycles. The highest BCUT2D eigenvalue weighted by Crippen LogP contribution is 2.18. The lowest BCUT2D eigenvalue weighted by Gasteiger charge is -2.02. The van der Waals surface area contributed by atoms with Gasteiger partial charge in [-0.1, -0.05) is 29.9 Å². The molecule has 3 aromatic rings. The van der Waals surface area contributed by atoms with Crippen molar-refractivity contribution in [3.63, 3.8) is 0 Å². The molecular formula is C12H12N6S. The van der Waals surface area contributed by atoms with Crippen LogP contribution in [-0.2, 0) is 7.05 Å². The number of hydrogen-bond acceptors (Lipinski definition) is 4. The van der Waals surface area contributed by atoms with E-state index in [1.807, 2.05) is 35.9 Å². The van der Waals surface area contributed by atoms with Crippen molar-refractivity contribution >= 4 is 12.2 Å². The van der Waals surface area contributed by atoms with E-state index in [-0.39, 0.29) is 0 Å². The van der Waals surface area contributed by atoms with Crippen LogP contribution >= 0.6 is 12.2 Å². The van der Waals surface area contributed by atoms with Crippen molar-refractivity contribution in [1.82, 2.24) is 30.0 Å². The third-order valence-electron chi connectivity index (χ3n) is 2.81. The molecule has 19 heavy (non-hydrogen) atoms. The van der Waals surface area contributed by atoms with Gasteiger partial charge >= 0.3 is 0 Å². The lowest BCUT2D eigenvalue weighted by atomic mass is 10.2. The maximum Gasteiger partial charge on any atom is 0.209 e. The number of tetrazole rings is 1. The number of hydrogen-bond donors (Lipinski definition) is 1. The van der Waals surface area contributed by atoms with Gasteiger partial charge in [0.25, 0.3) is 0 Å². The number of rotatable bonds is 2. The van der Waals surface area contributed by atoms with E-state index >= 15 is 0 Å². The summed E-state index contributed by atoms with van der Waals surface area (Å²) < 4.78 is 2.46. The van der Waals surface area contributed by atoms with E-state index < -0.39 is 0 Å². The van der Waals surface area contributed by atoms with Crippen molar-refractivity contribution in [3.05, 3.63) is 40.7 Å². The fourth-order valence-electron chi connectivity index (χ4n) is 1.81. The minimum atomic E-state index is 0.523. The van der Waals surface area contributed by atoms with E-state index in [2.05, 4.69) is 20.5 Å². The molecular weight excluding hydrogens is 260 g/mol. The number of benzene rings is 1. The zero-order valence-corrected chi connectivity index (χ0v) is 11.3. The molecule has 0 fully saturated rings. The SMILES string of the molecule is Cc1ccc(-n2[nH]cc(-c3nnn(C)n3)c2=S)cc1. The predicted octanol–water partition coefficient (Wildman–Crippen LogP) is 2.03. The van der Waals surface area contributed by atoms with Crippen molar-refractivity contribution in [3.8, 4) is 17.1 Å². The predicted molar refractivity (Wildman–Crippen MR) is 73.5 cm³/mol. The molecule has 0 aliphatic rings. The summed E-state index contributed by atoms with van der Waals surface area (Å²) in [5, 5.41) is 15.1. The molecule has 7 heteroatoms. The Balaban J connectivity index is 2.08. The van der Waals surface area contributed by atoms with E-state index in [1.165, 1.54) is 10.4 Å². The summed E-state index contributed by atoms with van der Waals surface area (Å²) in [5.41, 5.74) is 2.95. The van der Waals surface area contributed by atoms with Crippen LogP contribution < -0.4 is 0 Å². The maximum atomic E-state index is 5.45. The van der Waals surface area contributed by atoms with E-state index in [0.29, 0.717) is 10.5 Å². The number of nitrogens with one attached hydrogen (secondary N) is 1. The van der Waals surface area contributed by atoms with Gasteiger partial charge in [0.15, 0.2) is 0 Å². The van der Waals surface area contributed by atoms with Crippen LogP contribution in [0, 0.1) is 11.6 Å². The molecule has 0 unspecified atom stereocenters. The van der Waals surface area contributed by atoms with Crippen LogP contribution in [0.3, 0.4) is 0 Å². The number of H-pyrrole nitrogens is 1. The van der Waals surface area contributed by atoms with Crippen molar-refractivity contribution in [1.29, 1.82) is 0 Å². The molecule has 0 aliphatic heterocycles. The largest absolute Gasteiger partial charge is 0.299 e. The average molecular weight is 272 g/mol. The molecule has 96 valence electrons. The summed E-state index contributed by atoms with van der Waals surface area (Å²) in [5.74, 6) is 0.523. The molecule has 0 amide bonds.